The average molecular weight is 329 g/mol. The number of rotatable bonds is 7. The molecule has 0 saturated carbocycles. The van der Waals surface area contributed by atoms with Gasteiger partial charge in [0.2, 0.25) is 10.0 Å². The molecule has 22 heavy (non-hydrogen) atoms. The van der Waals surface area contributed by atoms with Crippen molar-refractivity contribution in [3.05, 3.63) is 23.7 Å². The molecule has 1 saturated heterocycles. The van der Waals surface area contributed by atoms with E-state index in [1.54, 1.807) is 12.1 Å². The summed E-state index contributed by atoms with van der Waals surface area (Å²) in [7, 11) is -3.28. The number of nitrogens with zero attached hydrogens (tertiary/aromatic N) is 1. The Labute approximate surface area is 131 Å². The maximum Gasteiger partial charge on any atom is 0.289 e. The number of hydrogen-bond donors (Lipinski definition) is 2. The lowest BCUT2D eigenvalue weighted by atomic mass is 10.2. The molecule has 0 aliphatic carbocycles. The van der Waals surface area contributed by atoms with Gasteiger partial charge in [-0.25, -0.2) is 13.1 Å². The summed E-state index contributed by atoms with van der Waals surface area (Å²) in [6, 6.07) is 3.42. The SMILES string of the molecule is CCCN(C(=O)c1ccc(CNS(C)(=O)=O)o1)C1CCNC1. The first-order valence-corrected chi connectivity index (χ1v) is 9.35. The molecule has 1 fully saturated rings. The van der Waals surface area contributed by atoms with Crippen molar-refractivity contribution in [3.8, 4) is 0 Å². The fourth-order valence-corrected chi connectivity index (χ4v) is 2.93. The first-order valence-electron chi connectivity index (χ1n) is 7.45. The van der Waals surface area contributed by atoms with Crippen molar-refractivity contribution in [3.63, 3.8) is 0 Å². The van der Waals surface area contributed by atoms with Crippen molar-refractivity contribution >= 4 is 15.9 Å². The van der Waals surface area contributed by atoms with Crippen LogP contribution in [0, 0.1) is 0 Å². The fourth-order valence-electron chi connectivity index (χ4n) is 2.53. The highest BCUT2D eigenvalue weighted by Crippen LogP contribution is 2.16. The van der Waals surface area contributed by atoms with E-state index in [1.165, 1.54) is 0 Å². The monoisotopic (exact) mass is 329 g/mol. The molecule has 0 spiro atoms. The third kappa shape index (κ3) is 4.56. The van der Waals surface area contributed by atoms with E-state index in [0.717, 1.165) is 32.2 Å². The van der Waals surface area contributed by atoms with Crippen LogP contribution in [0.2, 0.25) is 0 Å². The Morgan fingerprint density at radius 3 is 2.86 bits per heavy atom. The molecule has 1 aromatic rings. The molecule has 7 nitrogen and oxygen atoms in total. The van der Waals surface area contributed by atoms with E-state index in [9.17, 15) is 13.2 Å². The molecule has 0 radical (unpaired) electrons. The Morgan fingerprint density at radius 2 is 2.27 bits per heavy atom. The van der Waals surface area contributed by atoms with Crippen LogP contribution < -0.4 is 10.0 Å². The average Bonchev–Trinajstić information content (AvgIpc) is 3.12. The standard InChI is InChI=1S/C14H23N3O4S/c1-3-8-17(11-6-7-15-9-11)14(18)13-5-4-12(21-13)10-16-22(2,19)20/h4-5,11,15-16H,3,6-10H2,1-2H3. The molecule has 1 amide bonds. The molecule has 0 bridgehead atoms. The highest BCUT2D eigenvalue weighted by Gasteiger charge is 2.28. The third-order valence-corrected chi connectivity index (χ3v) is 4.25. The van der Waals surface area contributed by atoms with E-state index in [2.05, 4.69) is 10.0 Å². The van der Waals surface area contributed by atoms with E-state index in [1.807, 2.05) is 11.8 Å². The number of carbonyl (C=O) groups excluding carboxylic acids is 1. The minimum absolute atomic E-state index is 0.0465. The summed E-state index contributed by atoms with van der Waals surface area (Å²) in [5.41, 5.74) is 0. The third-order valence-electron chi connectivity index (χ3n) is 3.58. The lowest BCUT2D eigenvalue weighted by Gasteiger charge is -2.27. The molecular weight excluding hydrogens is 306 g/mol. The van der Waals surface area contributed by atoms with E-state index >= 15 is 0 Å². The first kappa shape index (κ1) is 17.0. The summed E-state index contributed by atoms with van der Waals surface area (Å²) in [6.45, 7) is 4.48. The largest absolute Gasteiger partial charge is 0.455 e. The van der Waals surface area contributed by atoms with Crippen LogP contribution >= 0.6 is 0 Å². The molecule has 124 valence electrons. The van der Waals surface area contributed by atoms with Gasteiger partial charge in [0.25, 0.3) is 5.91 Å². The van der Waals surface area contributed by atoms with Gasteiger partial charge in [0.05, 0.1) is 12.8 Å². The van der Waals surface area contributed by atoms with Gasteiger partial charge >= 0.3 is 0 Å². The van der Waals surface area contributed by atoms with Crippen LogP contribution in [-0.4, -0.2) is 51.2 Å². The van der Waals surface area contributed by atoms with Gasteiger partial charge < -0.3 is 14.6 Å². The minimum atomic E-state index is -3.28. The maximum atomic E-state index is 12.6. The number of furan rings is 1. The number of amides is 1. The summed E-state index contributed by atoms with van der Waals surface area (Å²) >= 11 is 0. The highest BCUT2D eigenvalue weighted by atomic mass is 32.2. The molecule has 1 aromatic heterocycles. The highest BCUT2D eigenvalue weighted by molar-refractivity contribution is 7.88. The lowest BCUT2D eigenvalue weighted by molar-refractivity contribution is 0.0657. The van der Waals surface area contributed by atoms with Crippen LogP contribution in [0.25, 0.3) is 0 Å². The van der Waals surface area contributed by atoms with E-state index in [-0.39, 0.29) is 24.3 Å². The number of nitrogens with one attached hydrogen (secondary N) is 2. The molecule has 1 unspecified atom stereocenters. The zero-order valence-corrected chi connectivity index (χ0v) is 13.8. The number of hydrogen-bond acceptors (Lipinski definition) is 5. The zero-order valence-electron chi connectivity index (χ0n) is 13.0. The second-order valence-electron chi connectivity index (χ2n) is 5.50. The Kier molecular flexibility index (Phi) is 5.60. The summed E-state index contributed by atoms with van der Waals surface area (Å²) in [5.74, 6) is 0.543. The van der Waals surface area contributed by atoms with Gasteiger partial charge in [0.1, 0.15) is 5.76 Å². The van der Waals surface area contributed by atoms with Crippen molar-refractivity contribution in [1.82, 2.24) is 14.9 Å². The Bertz CT molecular complexity index is 605. The van der Waals surface area contributed by atoms with Crippen LogP contribution in [-0.2, 0) is 16.6 Å². The zero-order chi connectivity index (χ0) is 16.2. The molecule has 1 aliphatic rings. The molecule has 2 heterocycles. The number of carbonyl (C=O) groups is 1. The number of sulfonamides is 1. The molecular formula is C14H23N3O4S. The van der Waals surface area contributed by atoms with Gasteiger partial charge in [0.15, 0.2) is 5.76 Å². The first-order chi connectivity index (χ1) is 10.4. The van der Waals surface area contributed by atoms with Gasteiger partial charge in [-0.3, -0.25) is 4.79 Å². The van der Waals surface area contributed by atoms with Crippen LogP contribution in [0.15, 0.2) is 16.5 Å². The topological polar surface area (TPSA) is 91.7 Å². The van der Waals surface area contributed by atoms with Crippen LogP contribution in [0.5, 0.6) is 0 Å². The van der Waals surface area contributed by atoms with Crippen molar-refractivity contribution in [2.24, 2.45) is 0 Å². The van der Waals surface area contributed by atoms with Crippen molar-refractivity contribution in [2.75, 3.05) is 25.9 Å². The van der Waals surface area contributed by atoms with Crippen LogP contribution in [0.1, 0.15) is 36.1 Å². The van der Waals surface area contributed by atoms with E-state index in [0.29, 0.717) is 12.3 Å². The molecule has 8 heteroatoms. The minimum Gasteiger partial charge on any atom is -0.455 e. The Balaban J connectivity index is 2.05. The van der Waals surface area contributed by atoms with E-state index in [4.69, 9.17) is 4.42 Å². The van der Waals surface area contributed by atoms with Gasteiger partial charge in [-0.1, -0.05) is 6.92 Å². The second kappa shape index (κ2) is 7.26. The lowest BCUT2D eigenvalue weighted by Crippen LogP contribution is -2.41. The summed E-state index contributed by atoms with van der Waals surface area (Å²) < 4.78 is 30.0. The van der Waals surface area contributed by atoms with Crippen molar-refractivity contribution < 1.29 is 17.6 Å². The Morgan fingerprint density at radius 1 is 1.50 bits per heavy atom. The summed E-state index contributed by atoms with van der Waals surface area (Å²) in [4.78, 5) is 14.4. The predicted molar refractivity (Wildman–Crippen MR) is 83.0 cm³/mol. The quantitative estimate of drug-likeness (QED) is 0.762. The predicted octanol–water partition coefficient (Wildman–Crippen LogP) is 0.543. The molecule has 0 aromatic carbocycles. The molecule has 1 atom stereocenters. The summed E-state index contributed by atoms with van der Waals surface area (Å²) in [5, 5.41) is 3.26. The summed E-state index contributed by atoms with van der Waals surface area (Å²) in [6.07, 6.45) is 2.90. The molecule has 2 rings (SSSR count). The van der Waals surface area contributed by atoms with Gasteiger partial charge in [-0.2, -0.15) is 0 Å². The van der Waals surface area contributed by atoms with Gasteiger partial charge in [-0.05, 0) is 31.5 Å². The van der Waals surface area contributed by atoms with Crippen molar-refractivity contribution in [1.29, 1.82) is 0 Å². The van der Waals surface area contributed by atoms with Crippen LogP contribution in [0.3, 0.4) is 0 Å². The molecule has 2 N–H and O–H groups in total. The second-order valence-corrected chi connectivity index (χ2v) is 7.34. The smallest absolute Gasteiger partial charge is 0.289 e. The van der Waals surface area contributed by atoms with Crippen LogP contribution in [0.4, 0.5) is 0 Å². The normalized spacial score (nSPS) is 18.5. The van der Waals surface area contributed by atoms with Gasteiger partial charge in [0, 0.05) is 19.1 Å². The fraction of sp³-hybridized carbons (Fsp3) is 0.643. The van der Waals surface area contributed by atoms with Crippen molar-refractivity contribution in [2.45, 2.75) is 32.4 Å². The van der Waals surface area contributed by atoms with Gasteiger partial charge in [-0.15, -0.1) is 0 Å². The maximum absolute atomic E-state index is 12.6. The van der Waals surface area contributed by atoms with E-state index < -0.39 is 10.0 Å². The Hall–Kier alpha value is -1.38. The molecule has 1 aliphatic heterocycles.